The molecule has 1 fully saturated rings. The number of nitrogens with one attached hydrogen (secondary N) is 1. The molecule has 1 N–H and O–H groups in total. The van der Waals surface area contributed by atoms with Crippen LogP contribution in [0.25, 0.3) is 0 Å². The number of halogens is 3. The second-order valence-corrected chi connectivity index (χ2v) is 5.77. The third-order valence-corrected chi connectivity index (χ3v) is 4.24. The summed E-state index contributed by atoms with van der Waals surface area (Å²) in [7, 11) is 0. The van der Waals surface area contributed by atoms with E-state index >= 15 is 0 Å². The lowest BCUT2D eigenvalue weighted by molar-refractivity contribution is -0.137. The van der Waals surface area contributed by atoms with E-state index in [1.807, 2.05) is 0 Å². The van der Waals surface area contributed by atoms with Crippen molar-refractivity contribution >= 4 is 0 Å². The summed E-state index contributed by atoms with van der Waals surface area (Å²) in [4.78, 5) is 0. The van der Waals surface area contributed by atoms with E-state index < -0.39 is 11.7 Å². The van der Waals surface area contributed by atoms with Crippen molar-refractivity contribution < 1.29 is 13.2 Å². The van der Waals surface area contributed by atoms with Gasteiger partial charge in [-0.15, -0.1) is 0 Å². The van der Waals surface area contributed by atoms with Crippen LogP contribution in [-0.2, 0) is 12.7 Å². The summed E-state index contributed by atoms with van der Waals surface area (Å²) >= 11 is 0. The minimum absolute atomic E-state index is 0.366. The standard InChI is InChI=1S/C16H22F3N/c1-12(14-7-3-2-4-8-14)20-11-13-6-5-9-15(10-13)16(17,18)19/h5-6,9-10,12,14,20H,2-4,7-8,11H2,1H3. The second kappa shape index (κ2) is 6.61. The molecule has 1 saturated carbocycles. The Morgan fingerprint density at radius 1 is 1.20 bits per heavy atom. The maximum absolute atomic E-state index is 12.6. The van der Waals surface area contributed by atoms with Crippen molar-refractivity contribution in [1.82, 2.24) is 5.32 Å². The molecule has 0 aliphatic heterocycles. The summed E-state index contributed by atoms with van der Waals surface area (Å²) in [6.07, 6.45) is 2.08. The fourth-order valence-corrected chi connectivity index (χ4v) is 2.94. The maximum Gasteiger partial charge on any atom is 0.416 e. The lowest BCUT2D eigenvalue weighted by atomic mass is 9.84. The Kier molecular flexibility index (Phi) is 5.08. The van der Waals surface area contributed by atoms with Crippen molar-refractivity contribution in [3.63, 3.8) is 0 Å². The van der Waals surface area contributed by atoms with Crippen molar-refractivity contribution in [3.05, 3.63) is 35.4 Å². The van der Waals surface area contributed by atoms with Crippen LogP contribution >= 0.6 is 0 Å². The van der Waals surface area contributed by atoms with Crippen LogP contribution in [0.4, 0.5) is 13.2 Å². The van der Waals surface area contributed by atoms with E-state index in [2.05, 4.69) is 12.2 Å². The molecule has 1 atom stereocenters. The molecule has 0 spiro atoms. The van der Waals surface area contributed by atoms with E-state index in [1.165, 1.54) is 44.2 Å². The normalized spacial score (nSPS) is 19.0. The summed E-state index contributed by atoms with van der Waals surface area (Å²) in [6.45, 7) is 2.64. The first-order valence-electron chi connectivity index (χ1n) is 7.36. The number of benzene rings is 1. The highest BCUT2D eigenvalue weighted by Crippen LogP contribution is 2.30. The molecule has 1 aliphatic carbocycles. The molecule has 4 heteroatoms. The average molecular weight is 285 g/mol. The van der Waals surface area contributed by atoms with Gasteiger partial charge in [-0.2, -0.15) is 13.2 Å². The summed E-state index contributed by atoms with van der Waals surface area (Å²) in [6, 6.07) is 5.94. The Morgan fingerprint density at radius 2 is 1.90 bits per heavy atom. The van der Waals surface area contributed by atoms with E-state index in [1.54, 1.807) is 6.07 Å². The van der Waals surface area contributed by atoms with Crippen molar-refractivity contribution in [2.75, 3.05) is 0 Å². The minimum atomic E-state index is -4.26. The third-order valence-electron chi connectivity index (χ3n) is 4.24. The predicted molar refractivity (Wildman–Crippen MR) is 74.3 cm³/mol. The minimum Gasteiger partial charge on any atom is -0.310 e. The number of hydrogen-bond acceptors (Lipinski definition) is 1. The van der Waals surface area contributed by atoms with Crippen LogP contribution in [0.3, 0.4) is 0 Å². The number of alkyl halides is 3. The zero-order valence-electron chi connectivity index (χ0n) is 11.8. The molecule has 0 aromatic heterocycles. The van der Waals surface area contributed by atoms with E-state index in [0.29, 0.717) is 24.1 Å². The highest BCUT2D eigenvalue weighted by Gasteiger charge is 2.30. The van der Waals surface area contributed by atoms with Gasteiger partial charge in [0.2, 0.25) is 0 Å². The molecule has 112 valence electrons. The number of hydrogen-bond donors (Lipinski definition) is 1. The molecular weight excluding hydrogens is 263 g/mol. The van der Waals surface area contributed by atoms with Crippen LogP contribution in [0.5, 0.6) is 0 Å². The van der Waals surface area contributed by atoms with Gasteiger partial charge in [-0.25, -0.2) is 0 Å². The van der Waals surface area contributed by atoms with Crippen LogP contribution in [0.2, 0.25) is 0 Å². The first-order valence-corrected chi connectivity index (χ1v) is 7.36. The molecule has 2 rings (SSSR count). The van der Waals surface area contributed by atoms with Gasteiger partial charge >= 0.3 is 6.18 Å². The molecule has 1 aliphatic rings. The number of rotatable bonds is 4. The highest BCUT2D eigenvalue weighted by molar-refractivity contribution is 5.25. The van der Waals surface area contributed by atoms with E-state index in [4.69, 9.17) is 0 Å². The SMILES string of the molecule is CC(NCc1cccc(C(F)(F)F)c1)C1CCCCC1. The van der Waals surface area contributed by atoms with Gasteiger partial charge in [-0.3, -0.25) is 0 Å². The lowest BCUT2D eigenvalue weighted by Gasteiger charge is -2.28. The highest BCUT2D eigenvalue weighted by atomic mass is 19.4. The predicted octanol–water partition coefficient (Wildman–Crippen LogP) is 4.76. The van der Waals surface area contributed by atoms with Gasteiger partial charge in [0.25, 0.3) is 0 Å². The summed E-state index contributed by atoms with van der Waals surface area (Å²) in [5, 5.41) is 3.38. The van der Waals surface area contributed by atoms with Crippen LogP contribution in [0.15, 0.2) is 24.3 Å². The van der Waals surface area contributed by atoms with Crippen LogP contribution in [-0.4, -0.2) is 6.04 Å². The van der Waals surface area contributed by atoms with Crippen molar-refractivity contribution in [1.29, 1.82) is 0 Å². The van der Waals surface area contributed by atoms with Gasteiger partial charge in [-0.1, -0.05) is 37.5 Å². The molecule has 1 aromatic carbocycles. The van der Waals surface area contributed by atoms with Crippen molar-refractivity contribution in [2.24, 2.45) is 5.92 Å². The molecule has 0 saturated heterocycles. The molecule has 0 amide bonds. The molecule has 0 bridgehead atoms. The molecule has 20 heavy (non-hydrogen) atoms. The van der Waals surface area contributed by atoms with Crippen LogP contribution in [0, 0.1) is 5.92 Å². The molecule has 0 radical (unpaired) electrons. The molecule has 0 heterocycles. The van der Waals surface area contributed by atoms with Gasteiger partial charge in [0.05, 0.1) is 5.56 Å². The second-order valence-electron chi connectivity index (χ2n) is 5.77. The maximum atomic E-state index is 12.6. The first-order chi connectivity index (χ1) is 9.47. The van der Waals surface area contributed by atoms with E-state index in [9.17, 15) is 13.2 Å². The Balaban J connectivity index is 1.90. The van der Waals surface area contributed by atoms with Crippen LogP contribution in [0.1, 0.15) is 50.2 Å². The van der Waals surface area contributed by atoms with Crippen molar-refractivity contribution in [3.8, 4) is 0 Å². The van der Waals surface area contributed by atoms with Gasteiger partial charge in [-0.05, 0) is 37.3 Å². The molecular formula is C16H22F3N. The van der Waals surface area contributed by atoms with E-state index in [0.717, 1.165) is 6.07 Å². The molecule has 1 aromatic rings. The van der Waals surface area contributed by atoms with Gasteiger partial charge in [0, 0.05) is 12.6 Å². The quantitative estimate of drug-likeness (QED) is 0.840. The monoisotopic (exact) mass is 285 g/mol. The zero-order chi connectivity index (χ0) is 14.6. The Morgan fingerprint density at radius 3 is 2.55 bits per heavy atom. The fraction of sp³-hybridized carbons (Fsp3) is 0.625. The molecule has 1 unspecified atom stereocenters. The Labute approximate surface area is 118 Å². The van der Waals surface area contributed by atoms with Crippen molar-refractivity contribution in [2.45, 2.75) is 57.8 Å². The summed E-state index contributed by atoms with van der Waals surface area (Å²) in [5.74, 6) is 0.662. The Hall–Kier alpha value is -1.03. The zero-order valence-corrected chi connectivity index (χ0v) is 11.8. The topological polar surface area (TPSA) is 12.0 Å². The summed E-state index contributed by atoms with van der Waals surface area (Å²) in [5.41, 5.74) is 0.129. The van der Waals surface area contributed by atoms with Gasteiger partial charge in [0.15, 0.2) is 0 Å². The molecule has 1 nitrogen and oxygen atoms in total. The largest absolute Gasteiger partial charge is 0.416 e. The Bertz CT molecular complexity index is 422. The lowest BCUT2D eigenvalue weighted by Crippen LogP contribution is -2.34. The fourth-order valence-electron chi connectivity index (χ4n) is 2.94. The smallest absolute Gasteiger partial charge is 0.310 e. The van der Waals surface area contributed by atoms with E-state index in [-0.39, 0.29) is 0 Å². The van der Waals surface area contributed by atoms with Gasteiger partial charge < -0.3 is 5.32 Å². The van der Waals surface area contributed by atoms with Crippen LogP contribution < -0.4 is 5.32 Å². The summed E-state index contributed by atoms with van der Waals surface area (Å²) < 4.78 is 37.9. The first kappa shape index (κ1) is 15.4. The average Bonchev–Trinajstić information content (AvgIpc) is 2.45. The third kappa shape index (κ3) is 4.23. The van der Waals surface area contributed by atoms with Gasteiger partial charge in [0.1, 0.15) is 0 Å².